The van der Waals surface area contributed by atoms with E-state index in [2.05, 4.69) is 5.32 Å². The molecule has 2 aromatic carbocycles. The van der Waals surface area contributed by atoms with Gasteiger partial charge >= 0.3 is 0 Å². The summed E-state index contributed by atoms with van der Waals surface area (Å²) >= 11 is 6.00. The van der Waals surface area contributed by atoms with Gasteiger partial charge in [0.25, 0.3) is 0 Å². The fourth-order valence-corrected chi connectivity index (χ4v) is 2.99. The van der Waals surface area contributed by atoms with Crippen LogP contribution in [0.2, 0.25) is 5.02 Å². The molecular weight excluding hydrogens is 298 g/mol. The van der Waals surface area contributed by atoms with Gasteiger partial charge < -0.3 is 10.4 Å². The number of benzene rings is 2. The van der Waals surface area contributed by atoms with Gasteiger partial charge in [0, 0.05) is 10.9 Å². The molecule has 3 rings (SSSR count). The average Bonchev–Trinajstić information content (AvgIpc) is 3.34. The molecule has 0 bridgehead atoms. The summed E-state index contributed by atoms with van der Waals surface area (Å²) in [5.41, 5.74) is 2.02. The molecule has 2 unspecified atom stereocenters. The summed E-state index contributed by atoms with van der Waals surface area (Å²) in [7, 11) is 0. The molecule has 0 heterocycles. The van der Waals surface area contributed by atoms with Gasteiger partial charge in [-0.1, -0.05) is 54.1 Å². The molecule has 2 N–H and O–H groups in total. The third kappa shape index (κ3) is 3.32. The summed E-state index contributed by atoms with van der Waals surface area (Å²) in [6, 6.07) is 16.8. The number of amides is 1. The van der Waals surface area contributed by atoms with Gasteiger partial charge in [0.15, 0.2) is 0 Å². The zero-order valence-electron chi connectivity index (χ0n) is 12.1. The normalized spacial score (nSPS) is 21.2. The predicted octanol–water partition coefficient (Wildman–Crippen LogP) is 3.29. The standard InChI is InChI=1S/C18H18ClNO2/c19-14-8-4-7-13(9-14)15-10-16(15)18(22)20-17(11-21)12-5-2-1-3-6-12/h1-9,15-17,21H,10-11H2,(H,20,22)/t15?,16?,17-/m1/s1. The number of aliphatic hydroxyl groups excluding tert-OH is 1. The molecule has 0 spiro atoms. The Hall–Kier alpha value is -1.84. The van der Waals surface area contributed by atoms with Gasteiger partial charge in [0.05, 0.1) is 12.6 Å². The van der Waals surface area contributed by atoms with Crippen LogP contribution in [0.1, 0.15) is 29.5 Å². The van der Waals surface area contributed by atoms with Crippen molar-refractivity contribution in [3.63, 3.8) is 0 Å². The topological polar surface area (TPSA) is 49.3 Å². The van der Waals surface area contributed by atoms with E-state index in [9.17, 15) is 9.90 Å². The number of hydrogen-bond donors (Lipinski definition) is 2. The summed E-state index contributed by atoms with van der Waals surface area (Å²) in [5, 5.41) is 13.2. The maximum absolute atomic E-state index is 12.4. The Labute approximate surface area is 134 Å². The summed E-state index contributed by atoms with van der Waals surface area (Å²) in [5.74, 6) is 0.193. The monoisotopic (exact) mass is 315 g/mol. The Morgan fingerprint density at radius 1 is 1.23 bits per heavy atom. The second-order valence-corrected chi connectivity index (χ2v) is 6.09. The number of halogens is 1. The van der Waals surface area contributed by atoms with E-state index in [4.69, 9.17) is 11.6 Å². The molecule has 0 aromatic heterocycles. The lowest BCUT2D eigenvalue weighted by Gasteiger charge is -2.16. The molecule has 0 aliphatic heterocycles. The van der Waals surface area contributed by atoms with Crippen LogP contribution < -0.4 is 5.32 Å². The molecule has 1 aliphatic carbocycles. The van der Waals surface area contributed by atoms with Crippen LogP contribution in [0.25, 0.3) is 0 Å². The quantitative estimate of drug-likeness (QED) is 0.889. The lowest BCUT2D eigenvalue weighted by atomic mass is 10.1. The minimum atomic E-state index is -0.352. The Morgan fingerprint density at radius 2 is 2.00 bits per heavy atom. The highest BCUT2D eigenvalue weighted by molar-refractivity contribution is 6.30. The van der Waals surface area contributed by atoms with E-state index in [1.54, 1.807) is 0 Å². The molecule has 4 heteroatoms. The average molecular weight is 316 g/mol. The SMILES string of the molecule is O=C(N[C@H](CO)c1ccccc1)C1CC1c1cccc(Cl)c1. The van der Waals surface area contributed by atoms with Gasteiger partial charge in [-0.2, -0.15) is 0 Å². The molecule has 2 aromatic rings. The maximum atomic E-state index is 12.4. The first-order valence-electron chi connectivity index (χ1n) is 7.40. The summed E-state index contributed by atoms with van der Waals surface area (Å²) < 4.78 is 0. The summed E-state index contributed by atoms with van der Waals surface area (Å²) in [4.78, 5) is 12.4. The fraction of sp³-hybridized carbons (Fsp3) is 0.278. The molecule has 1 amide bonds. The summed E-state index contributed by atoms with van der Waals surface area (Å²) in [6.45, 7) is -0.107. The predicted molar refractivity (Wildman–Crippen MR) is 86.7 cm³/mol. The number of carbonyl (C=O) groups excluding carboxylic acids is 1. The van der Waals surface area contributed by atoms with E-state index < -0.39 is 0 Å². The first-order chi connectivity index (χ1) is 10.7. The van der Waals surface area contributed by atoms with E-state index in [-0.39, 0.29) is 30.4 Å². The molecule has 1 fully saturated rings. The third-order valence-electron chi connectivity index (χ3n) is 4.11. The molecule has 3 atom stereocenters. The molecule has 0 saturated heterocycles. The lowest BCUT2D eigenvalue weighted by molar-refractivity contribution is -0.123. The van der Waals surface area contributed by atoms with Crippen molar-refractivity contribution in [2.75, 3.05) is 6.61 Å². The number of nitrogens with one attached hydrogen (secondary N) is 1. The van der Waals surface area contributed by atoms with Crippen LogP contribution in [0.5, 0.6) is 0 Å². The van der Waals surface area contributed by atoms with E-state index in [1.165, 1.54) is 0 Å². The van der Waals surface area contributed by atoms with Crippen molar-refractivity contribution >= 4 is 17.5 Å². The van der Waals surface area contributed by atoms with Crippen molar-refractivity contribution in [1.82, 2.24) is 5.32 Å². The van der Waals surface area contributed by atoms with E-state index in [0.717, 1.165) is 17.5 Å². The Morgan fingerprint density at radius 3 is 2.68 bits per heavy atom. The Balaban J connectivity index is 1.63. The smallest absolute Gasteiger partial charge is 0.224 e. The molecule has 22 heavy (non-hydrogen) atoms. The number of aliphatic hydroxyl groups is 1. The van der Waals surface area contributed by atoms with Gasteiger partial charge in [-0.15, -0.1) is 0 Å². The van der Waals surface area contributed by atoms with Crippen molar-refractivity contribution in [1.29, 1.82) is 0 Å². The summed E-state index contributed by atoms with van der Waals surface area (Å²) in [6.07, 6.45) is 0.832. The van der Waals surface area contributed by atoms with Gasteiger partial charge in [0.1, 0.15) is 0 Å². The zero-order chi connectivity index (χ0) is 15.5. The number of hydrogen-bond acceptors (Lipinski definition) is 2. The molecular formula is C18H18ClNO2. The van der Waals surface area contributed by atoms with Gasteiger partial charge in [0.2, 0.25) is 5.91 Å². The van der Waals surface area contributed by atoms with Crippen LogP contribution in [0, 0.1) is 5.92 Å². The van der Waals surface area contributed by atoms with Gasteiger partial charge in [-0.05, 0) is 35.6 Å². The zero-order valence-corrected chi connectivity index (χ0v) is 12.8. The maximum Gasteiger partial charge on any atom is 0.224 e. The third-order valence-corrected chi connectivity index (χ3v) is 4.34. The fourth-order valence-electron chi connectivity index (χ4n) is 2.79. The first-order valence-corrected chi connectivity index (χ1v) is 7.78. The Kier molecular flexibility index (Phi) is 4.46. The van der Waals surface area contributed by atoms with Gasteiger partial charge in [-0.25, -0.2) is 0 Å². The van der Waals surface area contributed by atoms with E-state index in [0.29, 0.717) is 5.02 Å². The van der Waals surface area contributed by atoms with Crippen LogP contribution in [-0.4, -0.2) is 17.6 Å². The molecule has 3 nitrogen and oxygen atoms in total. The van der Waals surface area contributed by atoms with Crippen LogP contribution in [0.3, 0.4) is 0 Å². The van der Waals surface area contributed by atoms with E-state index >= 15 is 0 Å². The van der Waals surface area contributed by atoms with Crippen molar-refractivity contribution < 1.29 is 9.90 Å². The number of rotatable bonds is 5. The first kappa shape index (κ1) is 15.1. The van der Waals surface area contributed by atoms with E-state index in [1.807, 2.05) is 54.6 Å². The minimum Gasteiger partial charge on any atom is -0.394 e. The second kappa shape index (κ2) is 6.51. The van der Waals surface area contributed by atoms with Crippen molar-refractivity contribution in [3.8, 4) is 0 Å². The van der Waals surface area contributed by atoms with Crippen LogP contribution in [0.4, 0.5) is 0 Å². The highest BCUT2D eigenvalue weighted by atomic mass is 35.5. The van der Waals surface area contributed by atoms with Crippen molar-refractivity contribution in [2.45, 2.75) is 18.4 Å². The van der Waals surface area contributed by atoms with Crippen molar-refractivity contribution in [3.05, 3.63) is 70.7 Å². The largest absolute Gasteiger partial charge is 0.394 e. The molecule has 0 radical (unpaired) electrons. The second-order valence-electron chi connectivity index (χ2n) is 5.66. The van der Waals surface area contributed by atoms with Crippen LogP contribution in [-0.2, 0) is 4.79 Å². The molecule has 114 valence electrons. The van der Waals surface area contributed by atoms with Gasteiger partial charge in [-0.3, -0.25) is 4.79 Å². The highest BCUT2D eigenvalue weighted by Crippen LogP contribution is 2.48. The number of carbonyl (C=O) groups is 1. The minimum absolute atomic E-state index is 0.00659. The molecule has 1 saturated carbocycles. The highest BCUT2D eigenvalue weighted by Gasteiger charge is 2.44. The molecule has 1 aliphatic rings. The van der Waals surface area contributed by atoms with Crippen molar-refractivity contribution in [2.24, 2.45) is 5.92 Å². The van der Waals surface area contributed by atoms with Crippen LogP contribution in [0.15, 0.2) is 54.6 Å². The van der Waals surface area contributed by atoms with Crippen LogP contribution >= 0.6 is 11.6 Å². The lowest BCUT2D eigenvalue weighted by Crippen LogP contribution is -2.32. The Bertz CT molecular complexity index is 659.